The molecule has 0 aliphatic carbocycles. The van der Waals surface area contributed by atoms with Gasteiger partial charge in [-0.15, -0.1) is 13.2 Å². The van der Waals surface area contributed by atoms with Gasteiger partial charge in [0, 0.05) is 25.0 Å². The lowest BCUT2D eigenvalue weighted by Gasteiger charge is -2.32. The third-order valence-corrected chi connectivity index (χ3v) is 9.31. The van der Waals surface area contributed by atoms with Crippen LogP contribution >= 0.6 is 0 Å². The average Bonchev–Trinajstić information content (AvgIpc) is 3.71. The van der Waals surface area contributed by atoms with E-state index in [0.717, 1.165) is 27.8 Å². The summed E-state index contributed by atoms with van der Waals surface area (Å²) in [6.07, 6.45) is -5.82. The van der Waals surface area contributed by atoms with Gasteiger partial charge in [0.25, 0.3) is 0 Å². The lowest BCUT2D eigenvalue weighted by Crippen LogP contribution is -2.43. The van der Waals surface area contributed by atoms with Crippen molar-refractivity contribution in [2.24, 2.45) is 5.92 Å². The van der Waals surface area contributed by atoms with Gasteiger partial charge >= 0.3 is 12.3 Å². The van der Waals surface area contributed by atoms with Crippen molar-refractivity contribution in [1.29, 1.82) is 0 Å². The van der Waals surface area contributed by atoms with Crippen LogP contribution in [0.1, 0.15) is 51.4 Å². The monoisotopic (exact) mass is 692 g/mol. The van der Waals surface area contributed by atoms with Crippen LogP contribution in [0.4, 0.5) is 13.2 Å². The van der Waals surface area contributed by atoms with E-state index in [-0.39, 0.29) is 26.0 Å². The molecule has 6 rings (SSSR count). The number of aryl methyl sites for hydroxylation is 2. The Morgan fingerprint density at radius 3 is 2.14 bits per heavy atom. The van der Waals surface area contributed by atoms with Gasteiger partial charge in [-0.2, -0.15) is 0 Å². The third-order valence-electron chi connectivity index (χ3n) is 9.31. The summed E-state index contributed by atoms with van der Waals surface area (Å²) in [5, 5.41) is 25.9. The molecule has 2 aliphatic rings. The van der Waals surface area contributed by atoms with E-state index in [2.05, 4.69) is 10.1 Å². The Kier molecular flexibility index (Phi) is 10.6. The molecule has 264 valence electrons. The summed E-state index contributed by atoms with van der Waals surface area (Å²) in [6, 6.07) is 27.0. The molecule has 0 saturated carbocycles. The summed E-state index contributed by atoms with van der Waals surface area (Å²) in [6.45, 7) is 3.54. The molecule has 0 spiro atoms. The molecule has 2 aliphatic heterocycles. The molecule has 1 fully saturated rings. The van der Waals surface area contributed by atoms with Crippen LogP contribution < -0.4 is 19.5 Å². The van der Waals surface area contributed by atoms with Gasteiger partial charge < -0.3 is 24.4 Å². The predicted octanol–water partition coefficient (Wildman–Crippen LogP) is 6.49. The summed E-state index contributed by atoms with van der Waals surface area (Å²) in [4.78, 5) is 15.1. The van der Waals surface area contributed by atoms with E-state index >= 15 is 0 Å². The summed E-state index contributed by atoms with van der Waals surface area (Å²) in [7, 11) is 0. The number of nitrogens with zero attached hydrogens (tertiary/aromatic N) is 1. The Hall–Kier alpha value is -4.62. The number of alkyl halides is 3. The smallest absolute Gasteiger partial charge is 0.491 e. The lowest BCUT2D eigenvalue weighted by molar-refractivity contribution is -0.325. The van der Waals surface area contributed by atoms with E-state index in [1.54, 1.807) is 30.3 Å². The Bertz CT molecular complexity index is 1740. The van der Waals surface area contributed by atoms with E-state index in [9.17, 15) is 28.2 Å². The van der Waals surface area contributed by atoms with Crippen molar-refractivity contribution in [3.8, 4) is 17.2 Å². The van der Waals surface area contributed by atoms with E-state index in [0.29, 0.717) is 29.4 Å². The molecular formula is C38H39F3N2O7. The number of carboxylic acid groups (broad SMARTS) is 1. The molecule has 4 aromatic rings. The first-order valence-corrected chi connectivity index (χ1v) is 16.3. The van der Waals surface area contributed by atoms with Crippen LogP contribution in [0.25, 0.3) is 0 Å². The van der Waals surface area contributed by atoms with Crippen LogP contribution in [0.15, 0.2) is 91.0 Å². The maximum atomic E-state index is 13.1. The van der Waals surface area contributed by atoms with Gasteiger partial charge in [-0.1, -0.05) is 66.7 Å². The van der Waals surface area contributed by atoms with E-state index in [4.69, 9.17) is 14.2 Å². The highest BCUT2D eigenvalue weighted by molar-refractivity contribution is 5.74. The number of aliphatic hydroxyl groups excluding tert-OH is 1. The van der Waals surface area contributed by atoms with Crippen molar-refractivity contribution in [1.82, 2.24) is 10.2 Å². The number of carbonyl (C=O) groups is 1. The first-order chi connectivity index (χ1) is 24.0. The minimum Gasteiger partial charge on any atom is -0.491 e. The zero-order valence-electron chi connectivity index (χ0n) is 27.6. The quantitative estimate of drug-likeness (QED) is 0.107. The van der Waals surface area contributed by atoms with Gasteiger partial charge in [-0.05, 0) is 71.5 Å². The fourth-order valence-corrected chi connectivity index (χ4v) is 7.01. The second kappa shape index (κ2) is 15.1. The number of aliphatic carboxylic acids is 1. The number of halogens is 3. The molecule has 9 nitrogen and oxygen atoms in total. The fourth-order valence-electron chi connectivity index (χ4n) is 7.01. The van der Waals surface area contributed by atoms with Crippen LogP contribution in [-0.2, 0) is 9.53 Å². The number of likely N-dealkylation sites (tertiary alicyclic amines) is 1. The summed E-state index contributed by atoms with van der Waals surface area (Å²) in [5.74, 6) is -0.967. The topological polar surface area (TPSA) is 110 Å². The van der Waals surface area contributed by atoms with Gasteiger partial charge in [-0.25, -0.2) is 0 Å². The number of ether oxygens (including phenoxy) is 4. The highest BCUT2D eigenvalue weighted by Gasteiger charge is 2.48. The van der Waals surface area contributed by atoms with Crippen LogP contribution in [0.2, 0.25) is 0 Å². The molecule has 50 heavy (non-hydrogen) atoms. The first kappa shape index (κ1) is 35.2. The second-order valence-electron chi connectivity index (χ2n) is 12.5. The zero-order valence-corrected chi connectivity index (χ0v) is 27.6. The molecule has 1 saturated heterocycles. The summed E-state index contributed by atoms with van der Waals surface area (Å²) in [5.41, 5.74) is 5.55. The number of aliphatic hydroxyl groups is 1. The molecule has 3 N–H and O–H groups in total. The molecule has 0 amide bonds. The van der Waals surface area contributed by atoms with Crippen molar-refractivity contribution >= 4 is 5.97 Å². The van der Waals surface area contributed by atoms with E-state index in [1.807, 2.05) is 79.4 Å². The van der Waals surface area contributed by atoms with Crippen molar-refractivity contribution < 1.29 is 47.1 Å². The molecular weight excluding hydrogens is 653 g/mol. The van der Waals surface area contributed by atoms with E-state index in [1.165, 1.54) is 0 Å². The number of hydrogen-bond donors (Lipinski definition) is 3. The molecule has 0 aromatic heterocycles. The van der Waals surface area contributed by atoms with Crippen molar-refractivity contribution in [2.45, 2.75) is 44.4 Å². The van der Waals surface area contributed by atoms with Gasteiger partial charge in [0.1, 0.15) is 18.6 Å². The van der Waals surface area contributed by atoms with Crippen LogP contribution in [0, 0.1) is 19.8 Å². The van der Waals surface area contributed by atoms with Crippen molar-refractivity contribution in [3.05, 3.63) is 124 Å². The van der Waals surface area contributed by atoms with Gasteiger partial charge in [0.15, 0.2) is 11.5 Å². The van der Waals surface area contributed by atoms with E-state index < -0.39 is 43.0 Å². The maximum Gasteiger partial charge on any atom is 0.522 e. The summed E-state index contributed by atoms with van der Waals surface area (Å²) < 4.78 is 57.4. The predicted molar refractivity (Wildman–Crippen MR) is 178 cm³/mol. The van der Waals surface area contributed by atoms with Crippen molar-refractivity contribution in [2.75, 3.05) is 33.1 Å². The molecule has 0 radical (unpaired) electrons. The summed E-state index contributed by atoms with van der Waals surface area (Å²) >= 11 is 0. The Labute approximate surface area is 288 Å². The third kappa shape index (κ3) is 8.05. The minimum atomic E-state index is -4.75. The Morgan fingerprint density at radius 2 is 1.52 bits per heavy atom. The van der Waals surface area contributed by atoms with Crippen LogP contribution in [0.3, 0.4) is 0 Å². The van der Waals surface area contributed by atoms with Gasteiger partial charge in [-0.3, -0.25) is 19.7 Å². The lowest BCUT2D eigenvalue weighted by atomic mass is 9.82. The highest BCUT2D eigenvalue weighted by atomic mass is 19.4. The largest absolute Gasteiger partial charge is 0.522 e. The number of hydrogen-bond acceptors (Lipinski definition) is 8. The number of rotatable bonds is 13. The molecule has 0 bridgehead atoms. The molecule has 4 atom stereocenters. The SMILES string of the molecule is Cc1ccccc1C(NC(O)CN1C[C@H](c2ccc3c(c2)OCO3)[C@@H](C(=O)O)[C@@H]1c1ccc(OCCOC(F)(F)F)cc1)c1ccccc1C. The average molecular weight is 693 g/mol. The van der Waals surface area contributed by atoms with Crippen LogP contribution in [0.5, 0.6) is 17.2 Å². The number of β-amino-alcohol motifs (C(OH)–C–C–N with tert-alkyl or cyclic N) is 1. The van der Waals surface area contributed by atoms with Crippen molar-refractivity contribution in [3.63, 3.8) is 0 Å². The normalized spacial score (nSPS) is 19.5. The number of carboxylic acids is 1. The van der Waals surface area contributed by atoms with Gasteiger partial charge in [0.05, 0.1) is 18.6 Å². The molecule has 2 heterocycles. The fraction of sp³-hybridized carbons (Fsp3) is 0.342. The zero-order chi connectivity index (χ0) is 35.4. The molecule has 4 aromatic carbocycles. The second-order valence-corrected chi connectivity index (χ2v) is 12.5. The minimum absolute atomic E-state index is 0.0815. The molecule has 12 heteroatoms. The number of nitrogens with one attached hydrogen (secondary N) is 1. The maximum absolute atomic E-state index is 13.1. The Balaban J connectivity index is 1.29. The standard InChI is InChI=1S/C38H39F3N2O7/c1-23-7-3-5-9-28(23)35(29-10-6-4-8-24(29)2)42-33(44)21-43-20-30(26-13-16-31-32(19-26)49-22-48-31)34(37(45)46)36(43)25-11-14-27(15-12-25)47-17-18-50-38(39,40)41/h3-16,19,30,33-36,42,44H,17-18,20-22H2,1-2H3,(H,45,46)/t30-,33?,34-,36+/m1/s1. The molecule has 1 unspecified atom stereocenters. The number of fused-ring (bicyclic) bond motifs is 1. The Morgan fingerprint density at radius 1 is 0.900 bits per heavy atom. The highest BCUT2D eigenvalue weighted by Crippen LogP contribution is 2.48. The van der Waals surface area contributed by atoms with Crippen LogP contribution in [-0.4, -0.2) is 66.8 Å². The number of benzene rings is 4. The first-order valence-electron chi connectivity index (χ1n) is 16.3. The van der Waals surface area contributed by atoms with Gasteiger partial charge in [0.2, 0.25) is 6.79 Å².